The van der Waals surface area contributed by atoms with Crippen LogP contribution in [0.4, 0.5) is 5.69 Å². The van der Waals surface area contributed by atoms with Gasteiger partial charge in [-0.1, -0.05) is 42.0 Å². The second kappa shape index (κ2) is 9.85. The number of aryl methyl sites for hydroxylation is 2. The molecular weight excluding hydrogens is 422 g/mol. The first-order valence-corrected chi connectivity index (χ1v) is 12.2. The second-order valence-electron chi connectivity index (χ2n) is 9.38. The Labute approximate surface area is 202 Å². The van der Waals surface area contributed by atoms with Crippen LogP contribution in [0.3, 0.4) is 0 Å². The minimum atomic E-state index is 0.244. The molecule has 3 heterocycles. The minimum Gasteiger partial charge on any atom is -0.368 e. The lowest BCUT2D eigenvalue weighted by atomic mass is 10.0. The molecule has 1 aromatic heterocycles. The molecule has 0 spiro atoms. The lowest BCUT2D eigenvalue weighted by molar-refractivity contribution is -0.132. The van der Waals surface area contributed by atoms with Crippen LogP contribution in [-0.2, 0) is 4.79 Å². The van der Waals surface area contributed by atoms with Crippen LogP contribution in [0.15, 0.2) is 67.0 Å². The van der Waals surface area contributed by atoms with Crippen LogP contribution in [0.5, 0.6) is 0 Å². The van der Waals surface area contributed by atoms with Crippen LogP contribution >= 0.6 is 0 Å². The quantitative estimate of drug-likeness (QED) is 0.585. The number of carbonyl (C=O) groups excluding carboxylic acids is 1. The highest BCUT2D eigenvalue weighted by molar-refractivity contribution is 5.79. The zero-order chi connectivity index (χ0) is 23.5. The van der Waals surface area contributed by atoms with Gasteiger partial charge in [-0.05, 0) is 49.6 Å². The lowest BCUT2D eigenvalue weighted by Gasteiger charge is -2.38. The highest BCUT2D eigenvalue weighted by atomic mass is 16.2. The first-order valence-electron chi connectivity index (χ1n) is 12.2. The van der Waals surface area contributed by atoms with Crippen LogP contribution in [0, 0.1) is 13.8 Å². The number of hydrogen-bond donors (Lipinski definition) is 0. The van der Waals surface area contributed by atoms with Crippen LogP contribution in [0.25, 0.3) is 11.3 Å². The third kappa shape index (κ3) is 4.92. The molecule has 3 aromatic rings. The molecule has 5 rings (SSSR count). The third-order valence-electron chi connectivity index (χ3n) is 6.95. The van der Waals surface area contributed by atoms with E-state index in [4.69, 9.17) is 0 Å². The van der Waals surface area contributed by atoms with E-state index in [0.29, 0.717) is 6.54 Å². The van der Waals surface area contributed by atoms with E-state index in [2.05, 4.69) is 71.4 Å². The molecule has 34 heavy (non-hydrogen) atoms. The molecule has 1 saturated heterocycles. The van der Waals surface area contributed by atoms with Gasteiger partial charge in [0.15, 0.2) is 0 Å². The Balaban J connectivity index is 1.13. The molecule has 0 unspecified atom stereocenters. The number of para-hydroxylation sites is 1. The van der Waals surface area contributed by atoms with Gasteiger partial charge in [0.2, 0.25) is 5.91 Å². The molecule has 0 bridgehead atoms. The fourth-order valence-electron chi connectivity index (χ4n) is 4.98. The van der Waals surface area contributed by atoms with E-state index >= 15 is 0 Å². The third-order valence-corrected chi connectivity index (χ3v) is 6.95. The van der Waals surface area contributed by atoms with Gasteiger partial charge in [-0.2, -0.15) is 5.10 Å². The van der Waals surface area contributed by atoms with E-state index in [0.717, 1.165) is 56.9 Å². The average molecular weight is 456 g/mol. The second-order valence-corrected chi connectivity index (χ2v) is 9.38. The number of carbonyl (C=O) groups is 1. The van der Waals surface area contributed by atoms with Crippen molar-refractivity contribution in [3.05, 3.63) is 83.7 Å². The SMILES string of the molecule is Cc1ccc(N2CCN(C(=O)CN3CC=C(c4cnn(-c5ccccc5)c4)CC3)CC2)c(C)c1. The topological polar surface area (TPSA) is 44.6 Å². The first-order chi connectivity index (χ1) is 16.6. The van der Waals surface area contributed by atoms with Crippen molar-refractivity contribution in [2.45, 2.75) is 20.3 Å². The first kappa shape index (κ1) is 22.4. The lowest BCUT2D eigenvalue weighted by Crippen LogP contribution is -2.51. The van der Waals surface area contributed by atoms with Gasteiger partial charge in [-0.3, -0.25) is 9.69 Å². The summed E-state index contributed by atoms with van der Waals surface area (Å²) in [6.07, 6.45) is 7.22. The Kier molecular flexibility index (Phi) is 6.50. The highest BCUT2D eigenvalue weighted by Gasteiger charge is 2.24. The molecule has 0 N–H and O–H groups in total. The molecule has 0 radical (unpaired) electrons. The van der Waals surface area contributed by atoms with Crippen molar-refractivity contribution < 1.29 is 4.79 Å². The number of aromatic nitrogens is 2. The number of nitrogens with zero attached hydrogens (tertiary/aromatic N) is 5. The number of anilines is 1. The Hall–Kier alpha value is -3.38. The Morgan fingerprint density at radius 3 is 2.47 bits per heavy atom. The number of piperazine rings is 1. The van der Waals surface area contributed by atoms with Gasteiger partial charge in [0.05, 0.1) is 18.4 Å². The maximum absolute atomic E-state index is 13.0. The summed E-state index contributed by atoms with van der Waals surface area (Å²) in [6.45, 7) is 9.87. The van der Waals surface area contributed by atoms with Crippen LogP contribution in [0.1, 0.15) is 23.1 Å². The molecule has 1 fully saturated rings. The van der Waals surface area contributed by atoms with E-state index in [9.17, 15) is 4.79 Å². The number of hydrogen-bond acceptors (Lipinski definition) is 4. The number of rotatable bonds is 5. The summed E-state index contributed by atoms with van der Waals surface area (Å²) in [5.41, 5.74) is 7.44. The highest BCUT2D eigenvalue weighted by Crippen LogP contribution is 2.24. The van der Waals surface area contributed by atoms with Crippen molar-refractivity contribution in [1.29, 1.82) is 0 Å². The molecule has 2 aromatic carbocycles. The number of amides is 1. The van der Waals surface area contributed by atoms with Gasteiger partial charge < -0.3 is 9.80 Å². The normalized spacial score (nSPS) is 17.1. The summed E-state index contributed by atoms with van der Waals surface area (Å²) in [5.74, 6) is 0.244. The van der Waals surface area contributed by atoms with Crippen LogP contribution < -0.4 is 4.90 Å². The van der Waals surface area contributed by atoms with E-state index in [1.807, 2.05) is 34.0 Å². The predicted molar refractivity (Wildman–Crippen MR) is 137 cm³/mol. The van der Waals surface area contributed by atoms with Gasteiger partial charge in [-0.25, -0.2) is 4.68 Å². The van der Waals surface area contributed by atoms with Gasteiger partial charge in [-0.15, -0.1) is 0 Å². The summed E-state index contributed by atoms with van der Waals surface area (Å²) >= 11 is 0. The molecule has 1 amide bonds. The van der Waals surface area contributed by atoms with Crippen molar-refractivity contribution in [1.82, 2.24) is 19.6 Å². The van der Waals surface area contributed by atoms with Crippen molar-refractivity contribution in [3.63, 3.8) is 0 Å². The van der Waals surface area contributed by atoms with E-state index in [-0.39, 0.29) is 5.91 Å². The van der Waals surface area contributed by atoms with Crippen molar-refractivity contribution in [2.24, 2.45) is 0 Å². The molecule has 0 aliphatic carbocycles. The minimum absolute atomic E-state index is 0.244. The zero-order valence-corrected chi connectivity index (χ0v) is 20.2. The van der Waals surface area contributed by atoms with Gasteiger partial charge in [0.25, 0.3) is 0 Å². The van der Waals surface area contributed by atoms with Gasteiger partial charge >= 0.3 is 0 Å². The average Bonchev–Trinajstić information content (AvgIpc) is 3.36. The van der Waals surface area contributed by atoms with Gasteiger partial charge in [0, 0.05) is 56.7 Å². The Morgan fingerprint density at radius 2 is 1.76 bits per heavy atom. The summed E-state index contributed by atoms with van der Waals surface area (Å²) < 4.78 is 1.92. The summed E-state index contributed by atoms with van der Waals surface area (Å²) in [4.78, 5) is 19.7. The fourth-order valence-corrected chi connectivity index (χ4v) is 4.98. The van der Waals surface area contributed by atoms with Crippen molar-refractivity contribution in [3.8, 4) is 5.69 Å². The molecule has 0 atom stereocenters. The maximum Gasteiger partial charge on any atom is 0.236 e. The van der Waals surface area contributed by atoms with Gasteiger partial charge in [0.1, 0.15) is 0 Å². The standard InChI is InChI=1S/C28H33N5O/c1-22-8-9-27(23(2)18-22)31-14-16-32(17-15-31)28(34)21-30-12-10-24(11-13-30)25-19-29-33(20-25)26-6-4-3-5-7-26/h3-10,18-20H,11-17,21H2,1-2H3. The largest absolute Gasteiger partial charge is 0.368 e. The van der Waals surface area contributed by atoms with E-state index < -0.39 is 0 Å². The van der Waals surface area contributed by atoms with Crippen LogP contribution in [-0.4, -0.2) is 71.3 Å². The summed E-state index contributed by atoms with van der Waals surface area (Å²) in [5, 5.41) is 4.53. The smallest absolute Gasteiger partial charge is 0.236 e. The molecule has 6 nitrogen and oxygen atoms in total. The van der Waals surface area contributed by atoms with E-state index in [1.165, 1.54) is 22.4 Å². The Morgan fingerprint density at radius 1 is 0.971 bits per heavy atom. The summed E-state index contributed by atoms with van der Waals surface area (Å²) in [7, 11) is 0. The monoisotopic (exact) mass is 455 g/mol. The van der Waals surface area contributed by atoms with Crippen molar-refractivity contribution in [2.75, 3.05) is 50.7 Å². The molecule has 2 aliphatic heterocycles. The Bertz CT molecular complexity index is 1170. The summed E-state index contributed by atoms with van der Waals surface area (Å²) in [6, 6.07) is 16.8. The molecule has 6 heteroatoms. The zero-order valence-electron chi connectivity index (χ0n) is 20.2. The van der Waals surface area contributed by atoms with E-state index in [1.54, 1.807) is 0 Å². The molecule has 176 valence electrons. The van der Waals surface area contributed by atoms with Crippen LogP contribution in [0.2, 0.25) is 0 Å². The number of benzene rings is 2. The van der Waals surface area contributed by atoms with Crippen molar-refractivity contribution >= 4 is 17.2 Å². The molecule has 2 aliphatic rings. The fraction of sp³-hybridized carbons (Fsp3) is 0.357. The predicted octanol–water partition coefficient (Wildman–Crippen LogP) is 3.93. The molecule has 0 saturated carbocycles. The molecular formula is C28H33N5O. The maximum atomic E-state index is 13.0.